The maximum Gasteiger partial charge on any atom is 0.314 e. The van der Waals surface area contributed by atoms with Crippen LogP contribution in [0, 0.1) is 5.92 Å². The van der Waals surface area contributed by atoms with Crippen molar-refractivity contribution < 1.29 is 14.3 Å². The van der Waals surface area contributed by atoms with Gasteiger partial charge in [0.05, 0.1) is 16.5 Å². The largest absolute Gasteiger partial charge is 0.464 e. The van der Waals surface area contributed by atoms with Crippen LogP contribution in [0.5, 0.6) is 0 Å². The van der Waals surface area contributed by atoms with Crippen molar-refractivity contribution in [3.05, 3.63) is 33.8 Å². The summed E-state index contributed by atoms with van der Waals surface area (Å²) < 4.78 is 4.60. The van der Waals surface area contributed by atoms with Crippen molar-refractivity contribution in [2.75, 3.05) is 13.2 Å². The highest BCUT2D eigenvalue weighted by Crippen LogP contribution is 2.22. The third kappa shape index (κ3) is 3.15. The fourth-order valence-corrected chi connectivity index (χ4v) is 1.87. The minimum absolute atomic E-state index is 0.159. The summed E-state index contributed by atoms with van der Waals surface area (Å²) >= 11 is 11.6. The second-order valence-electron chi connectivity index (χ2n) is 4.06. The van der Waals surface area contributed by atoms with Crippen molar-refractivity contribution in [1.29, 1.82) is 0 Å². The number of cyclic esters (lactones) is 1. The van der Waals surface area contributed by atoms with Gasteiger partial charge in [0.2, 0.25) is 5.91 Å². The quantitative estimate of drug-likeness (QED) is 0.860. The van der Waals surface area contributed by atoms with E-state index in [1.807, 2.05) is 0 Å². The molecular weight excluding hydrogens is 277 g/mol. The molecule has 0 aliphatic carbocycles. The number of halogens is 2. The van der Waals surface area contributed by atoms with Crippen molar-refractivity contribution in [2.24, 2.45) is 5.92 Å². The van der Waals surface area contributed by atoms with E-state index in [1.165, 1.54) is 0 Å². The van der Waals surface area contributed by atoms with Gasteiger partial charge in [-0.2, -0.15) is 0 Å². The molecule has 4 nitrogen and oxygen atoms in total. The maximum atomic E-state index is 11.6. The van der Waals surface area contributed by atoms with Crippen LogP contribution in [0.2, 0.25) is 10.0 Å². The number of amides is 1. The molecule has 0 radical (unpaired) electrons. The Kier molecular flexibility index (Phi) is 4.09. The number of hydrogen-bond donors (Lipinski definition) is 1. The number of rotatable bonds is 4. The molecule has 1 fully saturated rings. The Morgan fingerprint density at radius 1 is 1.39 bits per heavy atom. The molecule has 1 N–H and O–H groups in total. The van der Waals surface area contributed by atoms with Crippen LogP contribution < -0.4 is 5.32 Å². The first kappa shape index (κ1) is 13.2. The van der Waals surface area contributed by atoms with Gasteiger partial charge in [0.15, 0.2) is 0 Å². The standard InChI is InChI=1S/C12H11Cl2NO3/c13-9-2-1-7(3-10(9)14)4-11(16)15-5-8-6-18-12(8)17/h1-3,8H,4-6H2,(H,15,16). The summed E-state index contributed by atoms with van der Waals surface area (Å²) in [5.41, 5.74) is 0.776. The maximum absolute atomic E-state index is 11.6. The van der Waals surface area contributed by atoms with E-state index in [4.69, 9.17) is 23.2 Å². The van der Waals surface area contributed by atoms with Crippen molar-refractivity contribution >= 4 is 35.1 Å². The molecule has 0 saturated carbocycles. The van der Waals surface area contributed by atoms with Gasteiger partial charge in [-0.1, -0.05) is 29.3 Å². The molecule has 1 aliphatic rings. The van der Waals surface area contributed by atoms with E-state index in [1.54, 1.807) is 18.2 Å². The van der Waals surface area contributed by atoms with Gasteiger partial charge in [-0.3, -0.25) is 9.59 Å². The average Bonchev–Trinajstić information content (AvgIpc) is 2.32. The van der Waals surface area contributed by atoms with Gasteiger partial charge in [-0.25, -0.2) is 0 Å². The Morgan fingerprint density at radius 2 is 2.17 bits per heavy atom. The summed E-state index contributed by atoms with van der Waals surface area (Å²) in [4.78, 5) is 22.5. The smallest absolute Gasteiger partial charge is 0.314 e. The minimum atomic E-state index is -0.259. The van der Waals surface area contributed by atoms with Gasteiger partial charge in [-0.05, 0) is 17.7 Å². The zero-order valence-corrected chi connectivity index (χ0v) is 10.9. The van der Waals surface area contributed by atoms with E-state index in [9.17, 15) is 9.59 Å². The van der Waals surface area contributed by atoms with E-state index in [0.29, 0.717) is 23.2 Å². The normalized spacial score (nSPS) is 17.9. The molecule has 0 bridgehead atoms. The molecule has 0 aromatic heterocycles. The van der Waals surface area contributed by atoms with Crippen molar-refractivity contribution in [1.82, 2.24) is 5.32 Å². The highest BCUT2D eigenvalue weighted by molar-refractivity contribution is 6.42. The Morgan fingerprint density at radius 3 is 2.72 bits per heavy atom. The number of nitrogens with one attached hydrogen (secondary N) is 1. The van der Waals surface area contributed by atoms with Crippen LogP contribution in [0.3, 0.4) is 0 Å². The first-order chi connectivity index (χ1) is 8.56. The van der Waals surface area contributed by atoms with Gasteiger partial charge in [0.1, 0.15) is 12.5 Å². The lowest BCUT2D eigenvalue weighted by atomic mass is 10.1. The number of benzene rings is 1. The van der Waals surface area contributed by atoms with Crippen molar-refractivity contribution in [3.8, 4) is 0 Å². The molecule has 2 rings (SSSR count). The second kappa shape index (κ2) is 5.59. The fourth-order valence-electron chi connectivity index (χ4n) is 1.55. The summed E-state index contributed by atoms with van der Waals surface area (Å²) in [6.45, 7) is 0.699. The monoisotopic (exact) mass is 287 g/mol. The molecule has 1 saturated heterocycles. The lowest BCUT2D eigenvalue weighted by Gasteiger charge is -2.24. The Hall–Kier alpha value is -1.26. The summed E-state index contributed by atoms with van der Waals surface area (Å²) in [6.07, 6.45) is 0.207. The molecular formula is C12H11Cl2NO3. The van der Waals surface area contributed by atoms with Gasteiger partial charge in [-0.15, -0.1) is 0 Å². The molecule has 1 heterocycles. The first-order valence-corrected chi connectivity index (χ1v) is 6.19. The second-order valence-corrected chi connectivity index (χ2v) is 4.87. The lowest BCUT2D eigenvalue weighted by molar-refractivity contribution is -0.168. The van der Waals surface area contributed by atoms with E-state index in [2.05, 4.69) is 10.1 Å². The van der Waals surface area contributed by atoms with E-state index in [0.717, 1.165) is 5.56 Å². The fraction of sp³-hybridized carbons (Fsp3) is 0.333. The third-order valence-electron chi connectivity index (χ3n) is 2.65. The zero-order chi connectivity index (χ0) is 13.1. The number of carbonyl (C=O) groups excluding carboxylic acids is 2. The highest BCUT2D eigenvalue weighted by atomic mass is 35.5. The van der Waals surface area contributed by atoms with Crippen molar-refractivity contribution in [3.63, 3.8) is 0 Å². The Bertz CT molecular complexity index is 490. The molecule has 1 amide bonds. The lowest BCUT2D eigenvalue weighted by Crippen LogP contribution is -2.43. The van der Waals surface area contributed by atoms with Crippen LogP contribution in [0.4, 0.5) is 0 Å². The van der Waals surface area contributed by atoms with Crippen LogP contribution >= 0.6 is 23.2 Å². The zero-order valence-electron chi connectivity index (χ0n) is 9.41. The third-order valence-corrected chi connectivity index (χ3v) is 3.39. The minimum Gasteiger partial charge on any atom is -0.464 e. The van der Waals surface area contributed by atoms with Crippen LogP contribution in [-0.2, 0) is 20.7 Å². The summed E-state index contributed by atoms with van der Waals surface area (Å²) in [6, 6.07) is 5.04. The molecule has 1 aliphatic heterocycles. The van der Waals surface area contributed by atoms with Gasteiger partial charge < -0.3 is 10.1 Å². The predicted octanol–water partition coefficient (Wildman–Crippen LogP) is 1.83. The molecule has 0 spiro atoms. The van der Waals surface area contributed by atoms with Crippen LogP contribution in [-0.4, -0.2) is 25.0 Å². The SMILES string of the molecule is O=C(Cc1ccc(Cl)c(Cl)c1)NCC1COC1=O. The summed E-state index contributed by atoms with van der Waals surface area (Å²) in [5, 5.41) is 3.56. The van der Waals surface area contributed by atoms with E-state index in [-0.39, 0.29) is 24.2 Å². The molecule has 1 atom stereocenters. The van der Waals surface area contributed by atoms with Gasteiger partial charge >= 0.3 is 5.97 Å². The Balaban J connectivity index is 1.83. The molecule has 96 valence electrons. The van der Waals surface area contributed by atoms with E-state index < -0.39 is 0 Å². The molecule has 1 unspecified atom stereocenters. The number of ether oxygens (including phenoxy) is 1. The van der Waals surface area contributed by atoms with E-state index >= 15 is 0 Å². The van der Waals surface area contributed by atoms with Crippen LogP contribution in [0.15, 0.2) is 18.2 Å². The number of hydrogen-bond acceptors (Lipinski definition) is 3. The number of carbonyl (C=O) groups is 2. The first-order valence-electron chi connectivity index (χ1n) is 5.43. The highest BCUT2D eigenvalue weighted by Gasteiger charge is 2.30. The van der Waals surface area contributed by atoms with Gasteiger partial charge in [0, 0.05) is 6.54 Å². The van der Waals surface area contributed by atoms with Gasteiger partial charge in [0.25, 0.3) is 0 Å². The van der Waals surface area contributed by atoms with Crippen LogP contribution in [0.1, 0.15) is 5.56 Å². The van der Waals surface area contributed by atoms with Crippen LogP contribution in [0.25, 0.3) is 0 Å². The molecule has 1 aromatic rings. The summed E-state index contributed by atoms with van der Waals surface area (Å²) in [5.74, 6) is -0.624. The average molecular weight is 288 g/mol. The molecule has 1 aromatic carbocycles. The molecule has 18 heavy (non-hydrogen) atoms. The summed E-state index contributed by atoms with van der Waals surface area (Å²) in [7, 11) is 0. The van der Waals surface area contributed by atoms with Crippen molar-refractivity contribution in [2.45, 2.75) is 6.42 Å². The predicted molar refractivity (Wildman–Crippen MR) is 67.6 cm³/mol. The molecule has 6 heteroatoms. The topological polar surface area (TPSA) is 55.4 Å². The number of esters is 1. The Labute approximate surface area is 114 Å².